The van der Waals surface area contributed by atoms with Crippen LogP contribution in [-0.2, 0) is 0 Å². The molecule has 194 valence electrons. The zero-order chi connectivity index (χ0) is 25.7. The third-order valence-electron chi connectivity index (χ3n) is 7.53. The van der Waals surface area contributed by atoms with Gasteiger partial charge in [0.05, 0.1) is 10.0 Å². The fourth-order valence-electron chi connectivity index (χ4n) is 5.36. The average Bonchev–Trinajstić information content (AvgIpc) is 2.90. The van der Waals surface area contributed by atoms with Crippen molar-refractivity contribution in [3.05, 3.63) is 69.7 Å². The van der Waals surface area contributed by atoms with E-state index in [1.165, 1.54) is 0 Å². The van der Waals surface area contributed by atoms with E-state index in [0.717, 1.165) is 64.0 Å². The summed E-state index contributed by atoms with van der Waals surface area (Å²) in [5.74, 6) is 0.144. The lowest BCUT2D eigenvalue weighted by molar-refractivity contribution is 0.0766. The standard InChI is InChI=1S/C28H36Cl2N4O2/c1-31-14-6-15-34(28(31)36)24-12-17-33(18-13-24)16-11-23(22-9-10-25(29)26(30)19-22)20-32(2)27(35)21-7-4-3-5-8-21/h3-5,7-10,19,23-24H,6,11-18,20H2,1-2H3/t23-/m1/s1. The molecule has 0 aliphatic carbocycles. The first kappa shape index (κ1) is 26.8. The highest BCUT2D eigenvalue weighted by atomic mass is 35.5. The van der Waals surface area contributed by atoms with Gasteiger partial charge in [0, 0.05) is 64.3 Å². The maximum absolute atomic E-state index is 13.0. The topological polar surface area (TPSA) is 47.1 Å². The Morgan fingerprint density at radius 3 is 2.44 bits per heavy atom. The minimum atomic E-state index is 0.0117. The first-order chi connectivity index (χ1) is 17.3. The predicted molar refractivity (Wildman–Crippen MR) is 146 cm³/mol. The molecule has 2 aliphatic rings. The van der Waals surface area contributed by atoms with Crippen LogP contribution in [0, 0.1) is 0 Å². The number of carbonyl (C=O) groups is 2. The lowest BCUT2D eigenvalue weighted by Crippen LogP contribution is -2.54. The lowest BCUT2D eigenvalue weighted by atomic mass is 9.93. The summed E-state index contributed by atoms with van der Waals surface area (Å²) in [7, 11) is 3.75. The molecular weight excluding hydrogens is 495 g/mol. The molecule has 0 N–H and O–H groups in total. The number of hydrogen-bond acceptors (Lipinski definition) is 3. The Labute approximate surface area is 224 Å². The van der Waals surface area contributed by atoms with Gasteiger partial charge in [-0.3, -0.25) is 4.79 Å². The number of likely N-dealkylation sites (tertiary alicyclic amines) is 1. The molecule has 0 saturated carbocycles. The van der Waals surface area contributed by atoms with Gasteiger partial charge in [-0.05, 0) is 62.1 Å². The van der Waals surface area contributed by atoms with Crippen LogP contribution in [0.5, 0.6) is 0 Å². The summed E-state index contributed by atoms with van der Waals surface area (Å²) in [5.41, 5.74) is 1.78. The number of benzene rings is 2. The minimum Gasteiger partial charge on any atom is -0.341 e. The number of urea groups is 1. The highest BCUT2D eigenvalue weighted by Gasteiger charge is 2.32. The van der Waals surface area contributed by atoms with Crippen LogP contribution in [0.2, 0.25) is 10.0 Å². The molecule has 6 nitrogen and oxygen atoms in total. The van der Waals surface area contributed by atoms with Crippen molar-refractivity contribution >= 4 is 35.1 Å². The van der Waals surface area contributed by atoms with E-state index in [1.807, 2.05) is 67.5 Å². The Morgan fingerprint density at radius 2 is 1.75 bits per heavy atom. The van der Waals surface area contributed by atoms with Crippen LogP contribution in [-0.4, -0.2) is 90.9 Å². The molecule has 2 heterocycles. The highest BCUT2D eigenvalue weighted by Crippen LogP contribution is 2.30. The van der Waals surface area contributed by atoms with Gasteiger partial charge in [-0.25, -0.2) is 4.79 Å². The van der Waals surface area contributed by atoms with Crippen molar-refractivity contribution in [2.75, 3.05) is 53.4 Å². The Kier molecular flexibility index (Phi) is 9.15. The quantitative estimate of drug-likeness (QED) is 0.455. The molecule has 4 rings (SSSR count). The molecule has 0 bridgehead atoms. The molecule has 0 unspecified atom stereocenters. The summed E-state index contributed by atoms with van der Waals surface area (Å²) in [4.78, 5) is 33.8. The van der Waals surface area contributed by atoms with Gasteiger partial charge >= 0.3 is 6.03 Å². The van der Waals surface area contributed by atoms with Gasteiger partial charge in [0.1, 0.15) is 0 Å². The van der Waals surface area contributed by atoms with E-state index in [4.69, 9.17) is 23.2 Å². The first-order valence-corrected chi connectivity index (χ1v) is 13.6. The van der Waals surface area contributed by atoms with Crippen molar-refractivity contribution in [2.24, 2.45) is 0 Å². The monoisotopic (exact) mass is 530 g/mol. The molecule has 3 amide bonds. The number of halogens is 2. The average molecular weight is 532 g/mol. The Balaban J connectivity index is 1.38. The third-order valence-corrected chi connectivity index (χ3v) is 8.27. The van der Waals surface area contributed by atoms with E-state index in [9.17, 15) is 9.59 Å². The van der Waals surface area contributed by atoms with Crippen molar-refractivity contribution in [1.82, 2.24) is 19.6 Å². The SMILES string of the molecule is CN(C[C@@H](CCN1CCC(N2CCCN(C)C2=O)CC1)c1ccc(Cl)c(Cl)c1)C(=O)c1ccccc1. The number of rotatable bonds is 8. The molecule has 8 heteroatoms. The van der Waals surface area contributed by atoms with Crippen molar-refractivity contribution < 1.29 is 9.59 Å². The molecule has 2 fully saturated rings. The molecule has 0 radical (unpaired) electrons. The molecule has 2 saturated heterocycles. The number of carbonyl (C=O) groups excluding carboxylic acids is 2. The van der Waals surface area contributed by atoms with Gasteiger partial charge in [-0.2, -0.15) is 0 Å². The smallest absolute Gasteiger partial charge is 0.319 e. The summed E-state index contributed by atoms with van der Waals surface area (Å²) in [6.07, 6.45) is 3.95. The molecule has 2 aliphatic heterocycles. The van der Waals surface area contributed by atoms with Crippen LogP contribution in [0.15, 0.2) is 48.5 Å². The van der Waals surface area contributed by atoms with Gasteiger partial charge in [0.2, 0.25) is 0 Å². The van der Waals surface area contributed by atoms with E-state index >= 15 is 0 Å². The van der Waals surface area contributed by atoms with Crippen LogP contribution >= 0.6 is 23.2 Å². The van der Waals surface area contributed by atoms with E-state index in [2.05, 4.69) is 9.80 Å². The maximum Gasteiger partial charge on any atom is 0.319 e. The minimum absolute atomic E-state index is 0.0117. The second-order valence-electron chi connectivity index (χ2n) is 10.0. The second-order valence-corrected chi connectivity index (χ2v) is 10.8. The number of piperidine rings is 1. The van der Waals surface area contributed by atoms with Crippen LogP contribution < -0.4 is 0 Å². The number of hydrogen-bond donors (Lipinski definition) is 0. The maximum atomic E-state index is 13.0. The fraction of sp³-hybridized carbons (Fsp3) is 0.500. The van der Waals surface area contributed by atoms with Gasteiger partial charge in [-0.15, -0.1) is 0 Å². The molecule has 2 aromatic carbocycles. The van der Waals surface area contributed by atoms with E-state index in [0.29, 0.717) is 28.2 Å². The largest absolute Gasteiger partial charge is 0.341 e. The molecule has 0 spiro atoms. The molecule has 1 atom stereocenters. The Hall–Kier alpha value is -2.28. The van der Waals surface area contributed by atoms with Crippen molar-refractivity contribution in [3.8, 4) is 0 Å². The van der Waals surface area contributed by atoms with Crippen molar-refractivity contribution in [2.45, 2.75) is 37.6 Å². The Bertz CT molecular complexity index is 1040. The highest BCUT2D eigenvalue weighted by molar-refractivity contribution is 6.42. The van der Waals surface area contributed by atoms with Crippen LogP contribution in [0.3, 0.4) is 0 Å². The summed E-state index contributed by atoms with van der Waals surface area (Å²) >= 11 is 12.5. The zero-order valence-corrected chi connectivity index (χ0v) is 22.7. The lowest BCUT2D eigenvalue weighted by Gasteiger charge is -2.42. The van der Waals surface area contributed by atoms with Gasteiger partial charge in [-0.1, -0.05) is 47.5 Å². The van der Waals surface area contributed by atoms with E-state index < -0.39 is 0 Å². The summed E-state index contributed by atoms with van der Waals surface area (Å²) < 4.78 is 0. The normalized spacial score (nSPS) is 18.4. The van der Waals surface area contributed by atoms with Gasteiger partial charge in [0.25, 0.3) is 5.91 Å². The number of nitrogens with zero attached hydrogens (tertiary/aromatic N) is 4. The zero-order valence-electron chi connectivity index (χ0n) is 21.2. The van der Waals surface area contributed by atoms with Gasteiger partial charge in [0.15, 0.2) is 0 Å². The summed E-state index contributed by atoms with van der Waals surface area (Å²) in [6.45, 7) is 5.20. The molecule has 2 aromatic rings. The Morgan fingerprint density at radius 1 is 1.03 bits per heavy atom. The van der Waals surface area contributed by atoms with Crippen LogP contribution in [0.1, 0.15) is 47.5 Å². The summed E-state index contributed by atoms with van der Waals surface area (Å²) in [6, 6.07) is 15.7. The fourth-order valence-corrected chi connectivity index (χ4v) is 5.67. The van der Waals surface area contributed by atoms with Crippen molar-refractivity contribution in [1.29, 1.82) is 0 Å². The number of amides is 3. The molecule has 36 heavy (non-hydrogen) atoms. The molecule has 0 aromatic heterocycles. The van der Waals surface area contributed by atoms with Crippen LogP contribution in [0.4, 0.5) is 4.79 Å². The van der Waals surface area contributed by atoms with E-state index in [1.54, 1.807) is 4.90 Å². The third kappa shape index (κ3) is 6.53. The molecular formula is C28H36Cl2N4O2. The second kappa shape index (κ2) is 12.3. The van der Waals surface area contributed by atoms with Crippen LogP contribution in [0.25, 0.3) is 0 Å². The van der Waals surface area contributed by atoms with Gasteiger partial charge < -0.3 is 19.6 Å². The predicted octanol–water partition coefficient (Wildman–Crippen LogP) is 5.46. The van der Waals surface area contributed by atoms with Crippen molar-refractivity contribution in [3.63, 3.8) is 0 Å². The summed E-state index contributed by atoms with van der Waals surface area (Å²) in [5, 5.41) is 1.07. The first-order valence-electron chi connectivity index (χ1n) is 12.8. The van der Waals surface area contributed by atoms with E-state index in [-0.39, 0.29) is 17.9 Å². The number of likely N-dealkylation sites (N-methyl/N-ethyl adjacent to an activating group) is 1.